The van der Waals surface area contributed by atoms with E-state index in [1.165, 1.54) is 12.1 Å². The van der Waals surface area contributed by atoms with Gasteiger partial charge in [-0.05, 0) is 73.5 Å². The topological polar surface area (TPSA) is 418 Å². The summed E-state index contributed by atoms with van der Waals surface area (Å²) in [4.78, 5) is 135. The number of thiol groups is 1. The summed E-state index contributed by atoms with van der Waals surface area (Å²) < 4.78 is 0. The van der Waals surface area contributed by atoms with Gasteiger partial charge in [0, 0.05) is 25.1 Å². The molecule has 25 nitrogen and oxygen atoms in total. The molecule has 1 aromatic carbocycles. The van der Waals surface area contributed by atoms with E-state index in [-0.39, 0.29) is 61.5 Å². The first-order chi connectivity index (χ1) is 34.1. The Balaban J connectivity index is 3.21. The molecule has 0 saturated heterocycles. The molecule has 0 radical (unpaired) electrons. The van der Waals surface area contributed by atoms with Gasteiger partial charge in [-0.1, -0.05) is 67.5 Å². The van der Waals surface area contributed by atoms with Gasteiger partial charge >= 0.3 is 11.9 Å². The van der Waals surface area contributed by atoms with Crippen LogP contribution in [0.3, 0.4) is 0 Å². The van der Waals surface area contributed by atoms with E-state index < -0.39 is 139 Å². The van der Waals surface area contributed by atoms with Crippen molar-refractivity contribution in [3.05, 3.63) is 29.8 Å². The molecule has 0 aliphatic heterocycles. The third-order valence-electron chi connectivity index (χ3n) is 11.0. The Bertz CT molecular complexity index is 2070. The Hall–Kier alpha value is -6.70. The number of aliphatic carboxylic acids is 2. The van der Waals surface area contributed by atoms with Gasteiger partial charge in [0.25, 0.3) is 0 Å². The molecule has 0 heterocycles. The number of benzene rings is 1. The minimum Gasteiger partial charge on any atom is -0.508 e. The molecule has 0 unspecified atom stereocenters. The lowest BCUT2D eigenvalue weighted by Crippen LogP contribution is -2.60. The summed E-state index contributed by atoms with van der Waals surface area (Å²) in [6.07, 6.45) is -0.597. The van der Waals surface area contributed by atoms with E-state index in [1.54, 1.807) is 39.8 Å². The standard InChI is InChI=1S/C47H78N12O13S/c1-23(2)18-29(48)39(64)55-33(20-27-11-13-28(60)14-12-27)43(68)56-32(19-24(3)4)44(69)58-37(25(5)6)45(70)57-34(22-73)40(65)52-21-35(61)53-31(15-16-36(62)63)41(66)54-30(10-9-17-51-47(49)50)42(67)59-38(26(7)8)46(71)72/h11-14,23-26,29-34,37-38,60,73H,9-10,15-22,48H2,1-8H3,(H,52,65)(H,53,61)(H,54,66)(H,55,64)(H,56,68)(H,57,70)(H,58,69)(H,59,67)(H,62,63)(H,71,72)(H4,49,50,51)/t29-,30-,31-,32-,33-,34-,37-,38-/m0/s1. The van der Waals surface area contributed by atoms with Crippen molar-refractivity contribution < 1.29 is 63.3 Å². The first-order valence-electron chi connectivity index (χ1n) is 24.1. The Labute approximate surface area is 431 Å². The number of hydrogen-bond donors (Lipinski definition) is 15. The van der Waals surface area contributed by atoms with Crippen LogP contribution in [0.2, 0.25) is 0 Å². The number of carbonyl (C=O) groups excluding carboxylic acids is 8. The SMILES string of the molecule is CC(C)C[C@H](NC(=O)[C@H](Cc1ccc(O)cc1)NC(=O)[C@@H](N)CC(C)C)C(=O)N[C@H](C(=O)N[C@@H](CS)C(=O)NCC(=O)N[C@@H](CCC(=O)O)C(=O)N[C@@H](CCCN=C(N)N)C(=O)N[C@H](C(=O)O)C(C)C)C(C)C. The maximum Gasteiger partial charge on any atom is 0.326 e. The van der Waals surface area contributed by atoms with Crippen molar-refractivity contribution in [2.24, 2.45) is 45.9 Å². The predicted molar refractivity (Wildman–Crippen MR) is 273 cm³/mol. The number of nitrogens with zero attached hydrogens (tertiary/aromatic N) is 1. The largest absolute Gasteiger partial charge is 0.508 e. The first kappa shape index (κ1) is 64.3. The van der Waals surface area contributed by atoms with Gasteiger partial charge in [-0.2, -0.15) is 12.6 Å². The van der Waals surface area contributed by atoms with E-state index in [1.807, 2.05) is 27.7 Å². The van der Waals surface area contributed by atoms with Crippen molar-refractivity contribution in [3.63, 3.8) is 0 Å². The van der Waals surface area contributed by atoms with Crippen molar-refractivity contribution in [2.45, 2.75) is 149 Å². The van der Waals surface area contributed by atoms with E-state index in [4.69, 9.17) is 17.2 Å². The summed E-state index contributed by atoms with van der Waals surface area (Å²) in [5.41, 5.74) is 17.5. The molecule has 0 bridgehead atoms. The molecule has 8 amide bonds. The number of nitrogens with two attached hydrogens (primary N) is 3. The van der Waals surface area contributed by atoms with Gasteiger partial charge in [-0.3, -0.25) is 48.1 Å². The minimum absolute atomic E-state index is 0.00904. The number of aliphatic imine (C=N–C) groups is 1. The normalized spacial score (nSPS) is 14.5. The summed E-state index contributed by atoms with van der Waals surface area (Å²) in [5.74, 6) is -11.0. The molecule has 0 saturated carbocycles. The lowest BCUT2D eigenvalue weighted by molar-refractivity contribution is -0.143. The van der Waals surface area contributed by atoms with E-state index in [0.29, 0.717) is 12.0 Å². The van der Waals surface area contributed by atoms with Gasteiger partial charge in [0.15, 0.2) is 5.96 Å². The Kier molecular flexibility index (Phi) is 28.5. The first-order valence-corrected chi connectivity index (χ1v) is 24.7. The van der Waals surface area contributed by atoms with Gasteiger partial charge in [0.05, 0.1) is 12.6 Å². The lowest BCUT2D eigenvalue weighted by atomic mass is 9.98. The maximum atomic E-state index is 14.0. The van der Waals surface area contributed by atoms with Gasteiger partial charge in [0.1, 0.15) is 48.0 Å². The second-order valence-corrected chi connectivity index (χ2v) is 19.5. The zero-order valence-electron chi connectivity index (χ0n) is 42.9. The van der Waals surface area contributed by atoms with Gasteiger partial charge in [-0.15, -0.1) is 0 Å². The van der Waals surface area contributed by atoms with Crippen molar-refractivity contribution in [1.29, 1.82) is 0 Å². The summed E-state index contributed by atoms with van der Waals surface area (Å²) in [7, 11) is 0. The monoisotopic (exact) mass is 1050 g/mol. The molecule has 0 aliphatic rings. The van der Waals surface area contributed by atoms with Gasteiger partial charge in [0.2, 0.25) is 47.3 Å². The van der Waals surface area contributed by atoms with Crippen LogP contribution in [0, 0.1) is 23.7 Å². The van der Waals surface area contributed by atoms with Crippen LogP contribution in [-0.4, -0.2) is 148 Å². The fourth-order valence-electron chi connectivity index (χ4n) is 7.08. The molecule has 1 aromatic rings. The fraction of sp³-hybridized carbons (Fsp3) is 0.638. The second-order valence-electron chi connectivity index (χ2n) is 19.2. The van der Waals surface area contributed by atoms with Gasteiger partial charge < -0.3 is 75.1 Å². The Morgan fingerprint density at radius 2 is 1.08 bits per heavy atom. The number of rotatable bonds is 33. The average Bonchev–Trinajstić information content (AvgIpc) is 3.29. The molecule has 0 aromatic heterocycles. The zero-order chi connectivity index (χ0) is 55.7. The van der Waals surface area contributed by atoms with Crippen molar-refractivity contribution in [3.8, 4) is 5.75 Å². The third kappa shape index (κ3) is 25.0. The van der Waals surface area contributed by atoms with E-state index in [9.17, 15) is 63.3 Å². The van der Waals surface area contributed by atoms with Crippen molar-refractivity contribution in [2.75, 3.05) is 18.8 Å². The van der Waals surface area contributed by atoms with Crippen molar-refractivity contribution >= 4 is 77.8 Å². The lowest BCUT2D eigenvalue weighted by Gasteiger charge is -2.29. The molecule has 73 heavy (non-hydrogen) atoms. The number of carbonyl (C=O) groups is 10. The number of aromatic hydroxyl groups is 1. The molecule has 0 fully saturated rings. The summed E-state index contributed by atoms with van der Waals surface area (Å²) in [6, 6.07) is -4.25. The summed E-state index contributed by atoms with van der Waals surface area (Å²) >= 11 is 4.19. The smallest absolute Gasteiger partial charge is 0.326 e. The highest BCUT2D eigenvalue weighted by molar-refractivity contribution is 7.80. The molecule has 26 heteroatoms. The van der Waals surface area contributed by atoms with Crippen LogP contribution in [-0.2, 0) is 54.4 Å². The molecule has 0 aliphatic carbocycles. The molecule has 1 rings (SSSR count). The average molecular weight is 1050 g/mol. The number of carboxylic acid groups (broad SMARTS) is 2. The Morgan fingerprint density at radius 3 is 1.60 bits per heavy atom. The fourth-order valence-corrected chi connectivity index (χ4v) is 7.33. The van der Waals surface area contributed by atoms with Crippen LogP contribution in [0.25, 0.3) is 0 Å². The molecule has 410 valence electrons. The quantitative estimate of drug-likeness (QED) is 0.0158. The Morgan fingerprint density at radius 1 is 0.589 bits per heavy atom. The van der Waals surface area contributed by atoms with Crippen LogP contribution in [0.4, 0.5) is 0 Å². The van der Waals surface area contributed by atoms with Gasteiger partial charge in [-0.25, -0.2) is 4.79 Å². The highest BCUT2D eigenvalue weighted by Crippen LogP contribution is 2.14. The van der Waals surface area contributed by atoms with Crippen molar-refractivity contribution in [1.82, 2.24) is 42.5 Å². The number of hydrogen-bond acceptors (Lipinski definition) is 14. The van der Waals surface area contributed by atoms with Crippen LogP contribution in [0.1, 0.15) is 99.5 Å². The number of phenols is 1. The van der Waals surface area contributed by atoms with Crippen LogP contribution < -0.4 is 59.7 Å². The summed E-state index contributed by atoms with van der Waals surface area (Å²) in [6.45, 7) is 13.0. The molecular formula is C47H78N12O13S. The van der Waals surface area contributed by atoms with E-state index in [0.717, 1.165) is 0 Å². The van der Waals surface area contributed by atoms with E-state index in [2.05, 4.69) is 60.2 Å². The van der Waals surface area contributed by atoms with E-state index >= 15 is 0 Å². The number of carboxylic acids is 2. The zero-order valence-corrected chi connectivity index (χ0v) is 43.8. The number of nitrogens with one attached hydrogen (secondary N) is 8. The number of amides is 8. The highest BCUT2D eigenvalue weighted by atomic mass is 32.1. The van der Waals surface area contributed by atoms with Crippen LogP contribution >= 0.6 is 12.6 Å². The second kappa shape index (κ2) is 32.4. The molecule has 17 N–H and O–H groups in total. The highest BCUT2D eigenvalue weighted by Gasteiger charge is 2.35. The summed E-state index contributed by atoms with van der Waals surface area (Å²) in [5, 5.41) is 48.8. The van der Waals surface area contributed by atoms with Crippen LogP contribution in [0.15, 0.2) is 29.3 Å². The number of phenolic OH excluding ortho intramolecular Hbond substituents is 1. The third-order valence-corrected chi connectivity index (χ3v) is 11.4. The predicted octanol–water partition coefficient (Wildman–Crippen LogP) is -1.89. The molecule has 0 spiro atoms. The number of guanidine groups is 1. The molecular weight excluding hydrogens is 973 g/mol. The molecule has 8 atom stereocenters. The minimum atomic E-state index is -1.56. The maximum absolute atomic E-state index is 14.0. The van der Waals surface area contributed by atoms with Crippen LogP contribution in [0.5, 0.6) is 5.75 Å².